The maximum Gasteiger partial charge on any atom is 0.243 e. The van der Waals surface area contributed by atoms with E-state index >= 15 is 0 Å². The van der Waals surface area contributed by atoms with E-state index in [-0.39, 0.29) is 29.1 Å². The zero-order valence-corrected chi connectivity index (χ0v) is 17.6. The normalized spacial score (nSPS) is 16.3. The third-order valence-corrected chi connectivity index (χ3v) is 7.62. The average Bonchev–Trinajstić information content (AvgIpc) is 2.68. The highest BCUT2D eigenvalue weighted by Gasteiger charge is 2.26. The first-order valence-electron chi connectivity index (χ1n) is 8.97. The molecule has 0 aliphatic carbocycles. The number of thioether (sulfide) groups is 1. The number of likely N-dealkylation sites (N-methyl/N-ethyl adjacent to an activating group) is 1. The van der Waals surface area contributed by atoms with Gasteiger partial charge in [0.15, 0.2) is 5.78 Å². The number of hydrogen-bond acceptors (Lipinski definition) is 5. The van der Waals surface area contributed by atoms with Crippen molar-refractivity contribution < 1.29 is 22.4 Å². The lowest BCUT2D eigenvalue weighted by atomic mass is 10.0. The molecule has 6 nitrogen and oxygen atoms in total. The summed E-state index contributed by atoms with van der Waals surface area (Å²) in [6.07, 6.45) is 0.635. The predicted octanol–water partition coefficient (Wildman–Crippen LogP) is 3.00. The number of carbonyl (C=O) groups excluding carboxylic acids is 2. The Morgan fingerprint density at radius 2 is 1.90 bits per heavy atom. The Kier molecular flexibility index (Phi) is 6.40. The summed E-state index contributed by atoms with van der Waals surface area (Å²) in [7, 11) is -2.57. The highest BCUT2D eigenvalue weighted by Crippen LogP contribution is 2.36. The quantitative estimate of drug-likeness (QED) is 0.704. The van der Waals surface area contributed by atoms with Gasteiger partial charge in [0.05, 0.1) is 17.5 Å². The van der Waals surface area contributed by atoms with Crippen LogP contribution in [0.4, 0.5) is 4.39 Å². The minimum Gasteiger partial charge on any atom is -0.348 e. The van der Waals surface area contributed by atoms with Crippen molar-refractivity contribution >= 4 is 33.5 Å². The van der Waals surface area contributed by atoms with Crippen LogP contribution in [-0.4, -0.2) is 43.8 Å². The molecule has 0 bridgehead atoms. The maximum atomic E-state index is 13.6. The van der Waals surface area contributed by atoms with Crippen LogP contribution in [0.5, 0.6) is 0 Å². The van der Waals surface area contributed by atoms with E-state index in [2.05, 4.69) is 5.32 Å². The molecule has 1 N–H and O–H groups in total. The maximum absolute atomic E-state index is 13.6. The Morgan fingerprint density at radius 3 is 2.55 bits per heavy atom. The summed E-state index contributed by atoms with van der Waals surface area (Å²) < 4.78 is 39.9. The van der Waals surface area contributed by atoms with E-state index in [0.717, 1.165) is 15.0 Å². The molecule has 3 rings (SSSR count). The fourth-order valence-electron chi connectivity index (χ4n) is 3.08. The number of nitrogens with one attached hydrogen (secondary N) is 1. The lowest BCUT2D eigenvalue weighted by molar-refractivity contribution is -0.121. The second-order valence-corrected chi connectivity index (χ2v) is 9.96. The first-order chi connectivity index (χ1) is 13.7. The first kappa shape index (κ1) is 21.5. The van der Waals surface area contributed by atoms with E-state index < -0.39 is 15.9 Å². The smallest absolute Gasteiger partial charge is 0.243 e. The van der Waals surface area contributed by atoms with Crippen LogP contribution >= 0.6 is 11.8 Å². The molecule has 1 aliphatic rings. The fraction of sp³-hybridized carbons (Fsp3) is 0.300. The molecular formula is C20H21FN2O4S2. The molecule has 1 atom stereocenters. The van der Waals surface area contributed by atoms with E-state index in [1.165, 1.54) is 50.4 Å². The number of rotatable bonds is 6. The van der Waals surface area contributed by atoms with Crippen LogP contribution in [0.3, 0.4) is 0 Å². The Labute approximate surface area is 173 Å². The number of sulfonamides is 1. The van der Waals surface area contributed by atoms with Gasteiger partial charge in [-0.15, -0.1) is 11.8 Å². The summed E-state index contributed by atoms with van der Waals surface area (Å²) in [6.45, 7) is 1.03. The van der Waals surface area contributed by atoms with Crippen molar-refractivity contribution in [1.29, 1.82) is 0 Å². The molecule has 0 saturated heterocycles. The van der Waals surface area contributed by atoms with Gasteiger partial charge in [0, 0.05) is 23.3 Å². The van der Waals surface area contributed by atoms with Crippen LogP contribution in [-0.2, 0) is 14.8 Å². The number of Topliss-reactive ketones (excluding diaryl/α,β-unsaturated/α-hetero) is 1. The van der Waals surface area contributed by atoms with Gasteiger partial charge in [0.2, 0.25) is 15.9 Å². The van der Waals surface area contributed by atoms with Gasteiger partial charge in [-0.2, -0.15) is 4.31 Å². The van der Waals surface area contributed by atoms with Crippen LogP contribution in [0.1, 0.15) is 35.3 Å². The summed E-state index contributed by atoms with van der Waals surface area (Å²) in [4.78, 5) is 24.7. The van der Waals surface area contributed by atoms with Gasteiger partial charge in [-0.3, -0.25) is 9.59 Å². The lowest BCUT2D eigenvalue weighted by Gasteiger charge is -2.27. The van der Waals surface area contributed by atoms with Gasteiger partial charge in [0.1, 0.15) is 5.82 Å². The summed E-state index contributed by atoms with van der Waals surface area (Å²) in [5.74, 6) is -0.230. The Balaban J connectivity index is 1.69. The van der Waals surface area contributed by atoms with Gasteiger partial charge in [-0.25, -0.2) is 12.8 Å². The number of benzene rings is 2. The SMILES string of the molecule is CC(=O)c1ccc(S(=O)(=O)N(C)CC(=O)NC2CCSc3ccc(F)cc32)cc1. The molecule has 0 fully saturated rings. The van der Waals surface area contributed by atoms with E-state index in [1.807, 2.05) is 0 Å². The molecule has 0 aromatic heterocycles. The number of fused-ring (bicyclic) bond motifs is 1. The molecule has 1 amide bonds. The van der Waals surface area contributed by atoms with Gasteiger partial charge in [-0.05, 0) is 49.2 Å². The molecule has 1 unspecified atom stereocenters. The van der Waals surface area contributed by atoms with Gasteiger partial charge in [-0.1, -0.05) is 12.1 Å². The third-order valence-electron chi connectivity index (χ3n) is 4.68. The first-order valence-corrected chi connectivity index (χ1v) is 11.4. The Bertz CT molecular complexity index is 1040. The molecule has 154 valence electrons. The van der Waals surface area contributed by atoms with E-state index in [0.29, 0.717) is 17.5 Å². The summed E-state index contributed by atoms with van der Waals surface area (Å²) in [6, 6.07) is 9.69. The van der Waals surface area contributed by atoms with Crippen molar-refractivity contribution in [1.82, 2.24) is 9.62 Å². The van der Waals surface area contributed by atoms with Crippen molar-refractivity contribution in [3.8, 4) is 0 Å². The standard InChI is InChI=1S/C20H21FN2O4S2/c1-13(24)14-3-6-16(7-4-14)29(26,27)23(2)12-20(25)22-18-9-10-28-19-8-5-15(21)11-17(18)19/h3-8,11,18H,9-10,12H2,1-2H3,(H,22,25). The van der Waals surface area contributed by atoms with Crippen molar-refractivity contribution in [2.45, 2.75) is 29.2 Å². The Hall–Kier alpha value is -2.23. The summed E-state index contributed by atoms with van der Waals surface area (Å²) in [5.41, 5.74) is 1.12. The highest BCUT2D eigenvalue weighted by molar-refractivity contribution is 7.99. The summed E-state index contributed by atoms with van der Waals surface area (Å²) in [5, 5.41) is 2.81. The van der Waals surface area contributed by atoms with Crippen LogP contribution in [0.15, 0.2) is 52.3 Å². The monoisotopic (exact) mass is 436 g/mol. The zero-order valence-electron chi connectivity index (χ0n) is 16.0. The minimum atomic E-state index is -3.89. The number of amides is 1. The minimum absolute atomic E-state index is 0.000664. The highest BCUT2D eigenvalue weighted by atomic mass is 32.2. The molecule has 0 radical (unpaired) electrons. The largest absolute Gasteiger partial charge is 0.348 e. The molecule has 0 saturated carbocycles. The van der Waals surface area contributed by atoms with Gasteiger partial charge in [0.25, 0.3) is 0 Å². The molecule has 1 aliphatic heterocycles. The molecule has 1 heterocycles. The molecule has 9 heteroatoms. The number of hydrogen-bond donors (Lipinski definition) is 1. The van der Waals surface area contributed by atoms with Crippen LogP contribution in [0.2, 0.25) is 0 Å². The molecule has 29 heavy (non-hydrogen) atoms. The third kappa shape index (κ3) is 4.85. The van der Waals surface area contributed by atoms with Crippen molar-refractivity contribution in [3.05, 3.63) is 59.4 Å². The summed E-state index contributed by atoms with van der Waals surface area (Å²) >= 11 is 1.60. The lowest BCUT2D eigenvalue weighted by Crippen LogP contribution is -2.40. The number of halogens is 1. The molecule has 0 spiro atoms. The van der Waals surface area contributed by atoms with E-state index in [1.54, 1.807) is 17.8 Å². The van der Waals surface area contributed by atoms with Crippen molar-refractivity contribution in [2.75, 3.05) is 19.3 Å². The van der Waals surface area contributed by atoms with Crippen LogP contribution < -0.4 is 5.32 Å². The number of ketones is 1. The molecular weight excluding hydrogens is 415 g/mol. The van der Waals surface area contributed by atoms with Crippen LogP contribution in [0, 0.1) is 5.82 Å². The number of carbonyl (C=O) groups is 2. The van der Waals surface area contributed by atoms with Crippen LogP contribution in [0.25, 0.3) is 0 Å². The second kappa shape index (κ2) is 8.64. The van der Waals surface area contributed by atoms with E-state index in [4.69, 9.17) is 0 Å². The average molecular weight is 437 g/mol. The second-order valence-electron chi connectivity index (χ2n) is 6.78. The van der Waals surface area contributed by atoms with Gasteiger partial charge >= 0.3 is 0 Å². The molecule has 2 aromatic rings. The topological polar surface area (TPSA) is 83.6 Å². The van der Waals surface area contributed by atoms with Crippen molar-refractivity contribution in [3.63, 3.8) is 0 Å². The van der Waals surface area contributed by atoms with Gasteiger partial charge < -0.3 is 5.32 Å². The predicted molar refractivity (Wildman–Crippen MR) is 109 cm³/mol. The van der Waals surface area contributed by atoms with Crippen molar-refractivity contribution in [2.24, 2.45) is 0 Å². The van der Waals surface area contributed by atoms with E-state index in [9.17, 15) is 22.4 Å². The number of nitrogens with zero attached hydrogens (tertiary/aromatic N) is 1. The Morgan fingerprint density at radius 1 is 1.21 bits per heavy atom. The zero-order chi connectivity index (χ0) is 21.2. The fourth-order valence-corrected chi connectivity index (χ4v) is 5.32. The molecule has 2 aromatic carbocycles.